The zero-order chi connectivity index (χ0) is 17.6. The molecule has 0 bridgehead atoms. The highest BCUT2D eigenvalue weighted by Crippen LogP contribution is 2.33. The Kier molecular flexibility index (Phi) is 12.2. The third-order valence-electron chi connectivity index (χ3n) is 5.02. The molecule has 2 heteroatoms. The van der Waals surface area contributed by atoms with Gasteiger partial charge in [0.1, 0.15) is 0 Å². The quantitative estimate of drug-likeness (QED) is 0.230. The lowest BCUT2D eigenvalue weighted by molar-refractivity contribution is 0.0979. The molecule has 0 radical (unpaired) electrons. The molecule has 1 aromatic heterocycles. The summed E-state index contributed by atoms with van der Waals surface area (Å²) in [5.41, 5.74) is 1.03. The monoisotopic (exact) mass is 350 g/mol. The van der Waals surface area contributed by atoms with E-state index in [4.69, 9.17) is 0 Å². The first-order valence-electron chi connectivity index (χ1n) is 10.3. The molecule has 138 valence electrons. The van der Waals surface area contributed by atoms with E-state index in [1.54, 1.807) is 11.3 Å². The normalized spacial score (nSPS) is 12.5. The van der Waals surface area contributed by atoms with Gasteiger partial charge >= 0.3 is 0 Å². The Labute approximate surface area is 154 Å². The van der Waals surface area contributed by atoms with Crippen molar-refractivity contribution in [2.24, 2.45) is 0 Å². The third-order valence-corrected chi connectivity index (χ3v) is 6.10. The first-order chi connectivity index (χ1) is 11.7. The smallest absolute Gasteiger partial charge is 0.164 e. The summed E-state index contributed by atoms with van der Waals surface area (Å²) in [7, 11) is 0. The van der Waals surface area contributed by atoms with Gasteiger partial charge in [-0.25, -0.2) is 0 Å². The Morgan fingerprint density at radius 1 is 0.917 bits per heavy atom. The fourth-order valence-corrected chi connectivity index (χ4v) is 4.52. The molecule has 1 rings (SSSR count). The maximum atomic E-state index is 12.4. The molecule has 1 aromatic rings. The lowest BCUT2D eigenvalue weighted by atomic mass is 9.92. The minimum Gasteiger partial charge on any atom is -0.294 e. The summed E-state index contributed by atoms with van der Waals surface area (Å²) in [5, 5.41) is 2.12. The van der Waals surface area contributed by atoms with Crippen LogP contribution in [0.4, 0.5) is 0 Å². The number of rotatable bonds is 15. The van der Waals surface area contributed by atoms with Gasteiger partial charge in [-0.05, 0) is 36.6 Å². The average molecular weight is 351 g/mol. The highest BCUT2D eigenvalue weighted by molar-refractivity contribution is 7.10. The molecule has 0 aliphatic rings. The first kappa shape index (κ1) is 21.4. The van der Waals surface area contributed by atoms with Crippen LogP contribution in [0.5, 0.6) is 0 Å². The van der Waals surface area contributed by atoms with Gasteiger partial charge in [0.15, 0.2) is 5.78 Å². The van der Waals surface area contributed by atoms with Crippen LogP contribution in [0.1, 0.15) is 125 Å². The molecule has 1 atom stereocenters. The topological polar surface area (TPSA) is 17.1 Å². The van der Waals surface area contributed by atoms with Crippen molar-refractivity contribution in [2.75, 3.05) is 0 Å². The van der Waals surface area contributed by atoms with E-state index in [-0.39, 0.29) is 0 Å². The van der Waals surface area contributed by atoms with Crippen molar-refractivity contribution in [1.29, 1.82) is 0 Å². The van der Waals surface area contributed by atoms with Crippen LogP contribution in [0.15, 0.2) is 11.4 Å². The van der Waals surface area contributed by atoms with E-state index in [2.05, 4.69) is 32.2 Å². The number of Topliss-reactive ketones (excluding diaryl/α,β-unsaturated/α-hetero) is 1. The van der Waals surface area contributed by atoms with Crippen LogP contribution >= 0.6 is 11.3 Å². The molecule has 1 heterocycles. The molecule has 0 spiro atoms. The predicted octanol–water partition coefficient (Wildman–Crippen LogP) is 8.15. The second kappa shape index (κ2) is 13.6. The van der Waals surface area contributed by atoms with Crippen molar-refractivity contribution in [2.45, 2.75) is 110 Å². The van der Waals surface area contributed by atoms with Crippen LogP contribution in [0.25, 0.3) is 0 Å². The lowest BCUT2D eigenvalue weighted by Gasteiger charge is -2.15. The maximum Gasteiger partial charge on any atom is 0.164 e. The summed E-state index contributed by atoms with van der Waals surface area (Å²) >= 11 is 1.80. The van der Waals surface area contributed by atoms with Crippen molar-refractivity contribution in [3.05, 3.63) is 21.9 Å². The molecule has 24 heavy (non-hydrogen) atoms. The van der Waals surface area contributed by atoms with Gasteiger partial charge in [-0.15, -0.1) is 11.3 Å². The molecule has 0 aliphatic carbocycles. The van der Waals surface area contributed by atoms with Gasteiger partial charge in [-0.1, -0.05) is 78.6 Å². The van der Waals surface area contributed by atoms with Crippen molar-refractivity contribution in [1.82, 2.24) is 0 Å². The summed E-state index contributed by atoms with van der Waals surface area (Å²) < 4.78 is 0. The van der Waals surface area contributed by atoms with E-state index >= 15 is 0 Å². The molecule has 0 aromatic carbocycles. The molecular formula is C22H38OS. The van der Waals surface area contributed by atoms with Crippen molar-refractivity contribution in [3.63, 3.8) is 0 Å². The number of hydrogen-bond donors (Lipinski definition) is 0. The number of carbonyl (C=O) groups excluding carboxylic acids is 1. The van der Waals surface area contributed by atoms with E-state index in [9.17, 15) is 4.79 Å². The molecule has 0 N–H and O–H groups in total. The van der Waals surface area contributed by atoms with E-state index in [1.807, 2.05) is 0 Å². The van der Waals surface area contributed by atoms with Gasteiger partial charge in [0, 0.05) is 16.9 Å². The van der Waals surface area contributed by atoms with Gasteiger partial charge in [0.2, 0.25) is 0 Å². The van der Waals surface area contributed by atoms with Crippen LogP contribution in [-0.4, -0.2) is 5.78 Å². The summed E-state index contributed by atoms with van der Waals surface area (Å²) in [6, 6.07) is 2.06. The SMILES string of the molecule is CCCCCCCCCCC(CC)c1sccc1C(=O)CCCC. The van der Waals surface area contributed by atoms with E-state index in [1.165, 1.54) is 62.7 Å². The summed E-state index contributed by atoms with van der Waals surface area (Å²) in [5.74, 6) is 0.952. The number of carbonyl (C=O) groups is 1. The zero-order valence-corrected chi connectivity index (χ0v) is 17.1. The highest BCUT2D eigenvalue weighted by atomic mass is 32.1. The predicted molar refractivity (Wildman–Crippen MR) is 108 cm³/mol. The van der Waals surface area contributed by atoms with E-state index < -0.39 is 0 Å². The summed E-state index contributed by atoms with van der Waals surface area (Å²) in [4.78, 5) is 13.8. The van der Waals surface area contributed by atoms with Gasteiger partial charge in [0.25, 0.3) is 0 Å². The second-order valence-corrected chi connectivity index (χ2v) is 8.04. The van der Waals surface area contributed by atoms with Crippen molar-refractivity contribution < 1.29 is 4.79 Å². The number of thiophene rings is 1. The Morgan fingerprint density at radius 3 is 2.17 bits per heavy atom. The number of hydrogen-bond acceptors (Lipinski definition) is 2. The highest BCUT2D eigenvalue weighted by Gasteiger charge is 2.19. The average Bonchev–Trinajstić information content (AvgIpc) is 3.08. The Morgan fingerprint density at radius 2 is 1.54 bits per heavy atom. The fourth-order valence-electron chi connectivity index (χ4n) is 3.38. The number of ketones is 1. The van der Waals surface area contributed by atoms with Crippen molar-refractivity contribution in [3.8, 4) is 0 Å². The van der Waals surface area contributed by atoms with Crippen LogP contribution < -0.4 is 0 Å². The molecule has 0 saturated heterocycles. The van der Waals surface area contributed by atoms with Crippen LogP contribution in [0, 0.1) is 0 Å². The minimum absolute atomic E-state index is 0.363. The molecule has 0 aliphatic heterocycles. The second-order valence-electron chi connectivity index (χ2n) is 7.09. The summed E-state index contributed by atoms with van der Waals surface area (Å²) in [6.07, 6.45) is 16.2. The van der Waals surface area contributed by atoms with Crippen LogP contribution in [-0.2, 0) is 0 Å². The Balaban J connectivity index is 2.36. The minimum atomic E-state index is 0.363. The molecule has 1 unspecified atom stereocenters. The van der Waals surface area contributed by atoms with Gasteiger partial charge in [-0.2, -0.15) is 0 Å². The molecule has 0 saturated carbocycles. The van der Waals surface area contributed by atoms with Gasteiger partial charge < -0.3 is 0 Å². The fraction of sp³-hybridized carbons (Fsp3) is 0.773. The summed E-state index contributed by atoms with van der Waals surface area (Å²) in [6.45, 7) is 6.70. The lowest BCUT2D eigenvalue weighted by Crippen LogP contribution is -2.05. The van der Waals surface area contributed by atoms with Crippen LogP contribution in [0.2, 0.25) is 0 Å². The maximum absolute atomic E-state index is 12.4. The van der Waals surface area contributed by atoms with Crippen LogP contribution in [0.3, 0.4) is 0 Å². The first-order valence-corrected chi connectivity index (χ1v) is 11.2. The third kappa shape index (κ3) is 7.96. The Bertz CT molecular complexity index is 435. The molecule has 0 amide bonds. The number of unbranched alkanes of at least 4 members (excludes halogenated alkanes) is 8. The van der Waals surface area contributed by atoms with E-state index in [0.717, 1.165) is 24.8 Å². The standard InChI is InChI=1S/C22H38OS/c1-4-7-9-10-11-12-13-14-15-19(6-3)22-20(17-18-24-22)21(23)16-8-5-2/h17-19H,4-16H2,1-3H3. The molecule has 0 fully saturated rings. The van der Waals surface area contributed by atoms with Gasteiger partial charge in [0.05, 0.1) is 0 Å². The van der Waals surface area contributed by atoms with E-state index in [0.29, 0.717) is 18.1 Å². The van der Waals surface area contributed by atoms with Crippen molar-refractivity contribution >= 4 is 17.1 Å². The Hall–Kier alpha value is -0.630. The molecular weight excluding hydrogens is 312 g/mol. The molecule has 1 nitrogen and oxygen atoms in total. The van der Waals surface area contributed by atoms with Gasteiger partial charge in [-0.3, -0.25) is 4.79 Å². The zero-order valence-electron chi connectivity index (χ0n) is 16.2. The largest absolute Gasteiger partial charge is 0.294 e.